The van der Waals surface area contributed by atoms with E-state index in [1.165, 1.54) is 6.92 Å². The zero-order chi connectivity index (χ0) is 5.70. The summed E-state index contributed by atoms with van der Waals surface area (Å²) in [5.41, 5.74) is 4.90. The van der Waals surface area contributed by atoms with Gasteiger partial charge in [0.2, 0.25) is 0 Å². The monoisotopic (exact) mass is 103 g/mol. The Morgan fingerprint density at radius 1 is 1.86 bits per heavy atom. The molecule has 0 rings (SSSR count). The standard InChI is InChI=1S/C4H9NO2/c1-4(6)2-7-3-5/h2-3,5H2,1H3. The molecule has 3 nitrogen and oxygen atoms in total. The van der Waals surface area contributed by atoms with Crippen LogP contribution in [-0.2, 0) is 9.53 Å². The Morgan fingerprint density at radius 3 is 2.57 bits per heavy atom. The summed E-state index contributed by atoms with van der Waals surface area (Å²) in [6, 6.07) is 0. The van der Waals surface area contributed by atoms with Gasteiger partial charge in [0.15, 0.2) is 5.78 Å². The van der Waals surface area contributed by atoms with Gasteiger partial charge in [-0.2, -0.15) is 0 Å². The van der Waals surface area contributed by atoms with Crippen molar-refractivity contribution in [3.63, 3.8) is 0 Å². The minimum absolute atomic E-state index is 0.00505. The summed E-state index contributed by atoms with van der Waals surface area (Å²) in [6.45, 7) is 1.71. The summed E-state index contributed by atoms with van der Waals surface area (Å²) in [5, 5.41) is 0. The van der Waals surface area contributed by atoms with Gasteiger partial charge in [0.05, 0.1) is 6.73 Å². The van der Waals surface area contributed by atoms with Gasteiger partial charge in [0, 0.05) is 0 Å². The van der Waals surface area contributed by atoms with Crippen LogP contribution in [0.15, 0.2) is 0 Å². The van der Waals surface area contributed by atoms with Gasteiger partial charge in [-0.1, -0.05) is 0 Å². The number of ether oxygens (including phenoxy) is 1. The van der Waals surface area contributed by atoms with Gasteiger partial charge in [-0.25, -0.2) is 0 Å². The summed E-state index contributed by atoms with van der Waals surface area (Å²) >= 11 is 0. The highest BCUT2D eigenvalue weighted by Gasteiger charge is 1.86. The van der Waals surface area contributed by atoms with Gasteiger partial charge in [-0.3, -0.25) is 4.79 Å². The lowest BCUT2D eigenvalue weighted by Crippen LogP contribution is -2.10. The zero-order valence-electron chi connectivity index (χ0n) is 4.31. The van der Waals surface area contributed by atoms with Crippen LogP contribution in [0.2, 0.25) is 0 Å². The molecule has 42 valence electrons. The first-order valence-electron chi connectivity index (χ1n) is 2.04. The van der Waals surface area contributed by atoms with Gasteiger partial charge >= 0.3 is 0 Å². The minimum atomic E-state index is 0.00505. The largest absolute Gasteiger partial charge is 0.359 e. The van der Waals surface area contributed by atoms with Gasteiger partial charge < -0.3 is 10.5 Å². The number of ketones is 1. The van der Waals surface area contributed by atoms with Crippen molar-refractivity contribution < 1.29 is 9.53 Å². The second-order valence-corrected chi connectivity index (χ2v) is 1.22. The number of hydrogen-bond donors (Lipinski definition) is 1. The fourth-order valence-corrected chi connectivity index (χ4v) is 0.203. The molecule has 0 saturated heterocycles. The average molecular weight is 103 g/mol. The molecule has 0 aromatic carbocycles. The van der Waals surface area contributed by atoms with Crippen molar-refractivity contribution in [2.75, 3.05) is 13.3 Å². The Hall–Kier alpha value is -0.410. The molecular weight excluding hydrogens is 94.0 g/mol. The molecule has 0 aliphatic rings. The molecule has 0 aliphatic carbocycles. The van der Waals surface area contributed by atoms with Crippen LogP contribution in [-0.4, -0.2) is 19.1 Å². The van der Waals surface area contributed by atoms with Gasteiger partial charge in [-0.05, 0) is 6.92 Å². The van der Waals surface area contributed by atoms with Crippen LogP contribution >= 0.6 is 0 Å². The van der Waals surface area contributed by atoms with Crippen LogP contribution in [0, 0.1) is 0 Å². The van der Waals surface area contributed by atoms with Crippen LogP contribution in [0.1, 0.15) is 6.92 Å². The summed E-state index contributed by atoms with van der Waals surface area (Å²) in [4.78, 5) is 10.0. The normalized spacial score (nSPS) is 8.86. The summed E-state index contributed by atoms with van der Waals surface area (Å²) in [7, 11) is 0. The zero-order valence-corrected chi connectivity index (χ0v) is 4.31. The maximum atomic E-state index is 10.0. The quantitative estimate of drug-likeness (QED) is 0.490. The SMILES string of the molecule is CC(=O)COCN. The van der Waals surface area contributed by atoms with Crippen LogP contribution in [0.4, 0.5) is 0 Å². The highest BCUT2D eigenvalue weighted by Crippen LogP contribution is 1.68. The Balaban J connectivity index is 2.82. The van der Waals surface area contributed by atoms with Gasteiger partial charge in [-0.15, -0.1) is 0 Å². The first kappa shape index (κ1) is 6.59. The fourth-order valence-electron chi connectivity index (χ4n) is 0.203. The van der Waals surface area contributed by atoms with Crippen molar-refractivity contribution in [3.05, 3.63) is 0 Å². The van der Waals surface area contributed by atoms with Crippen LogP contribution in [0.3, 0.4) is 0 Å². The van der Waals surface area contributed by atoms with Crippen LogP contribution in [0.5, 0.6) is 0 Å². The summed E-state index contributed by atoms with van der Waals surface area (Å²) in [5.74, 6) is 0.00505. The molecule has 0 fully saturated rings. The minimum Gasteiger partial charge on any atom is -0.359 e. The third kappa shape index (κ3) is 5.59. The van der Waals surface area contributed by atoms with E-state index in [0.717, 1.165) is 0 Å². The smallest absolute Gasteiger partial charge is 0.155 e. The van der Waals surface area contributed by atoms with E-state index in [0.29, 0.717) is 0 Å². The maximum absolute atomic E-state index is 10.0. The van der Waals surface area contributed by atoms with E-state index in [1.54, 1.807) is 0 Å². The molecule has 0 atom stereocenters. The van der Waals surface area contributed by atoms with E-state index in [1.807, 2.05) is 0 Å². The lowest BCUT2D eigenvalue weighted by atomic mass is 10.5. The Morgan fingerprint density at radius 2 is 2.43 bits per heavy atom. The topological polar surface area (TPSA) is 52.3 Å². The number of rotatable bonds is 3. The van der Waals surface area contributed by atoms with E-state index in [-0.39, 0.29) is 19.1 Å². The molecule has 0 bridgehead atoms. The highest BCUT2D eigenvalue weighted by molar-refractivity contribution is 5.76. The molecule has 3 heteroatoms. The molecule has 0 radical (unpaired) electrons. The number of Topliss-reactive ketones (excluding diaryl/α,β-unsaturated/α-hetero) is 1. The molecule has 0 aromatic heterocycles. The highest BCUT2D eigenvalue weighted by atomic mass is 16.5. The molecule has 0 aromatic rings. The van der Waals surface area contributed by atoms with E-state index in [4.69, 9.17) is 5.73 Å². The van der Waals surface area contributed by atoms with E-state index in [2.05, 4.69) is 4.74 Å². The molecule has 0 saturated carbocycles. The van der Waals surface area contributed by atoms with Crippen molar-refractivity contribution in [1.82, 2.24) is 0 Å². The van der Waals surface area contributed by atoms with E-state index < -0.39 is 0 Å². The predicted molar refractivity (Wildman–Crippen MR) is 25.7 cm³/mol. The molecule has 0 amide bonds. The first-order valence-corrected chi connectivity index (χ1v) is 2.04. The summed E-state index contributed by atoms with van der Waals surface area (Å²) in [6.07, 6.45) is 0. The Labute approximate surface area is 42.4 Å². The summed E-state index contributed by atoms with van der Waals surface area (Å²) < 4.78 is 4.52. The molecule has 0 spiro atoms. The van der Waals surface area contributed by atoms with E-state index >= 15 is 0 Å². The maximum Gasteiger partial charge on any atom is 0.155 e. The number of nitrogens with two attached hydrogens (primary N) is 1. The molecular formula is C4H9NO2. The number of carbonyl (C=O) groups is 1. The van der Waals surface area contributed by atoms with Crippen molar-refractivity contribution in [3.8, 4) is 0 Å². The van der Waals surface area contributed by atoms with Crippen molar-refractivity contribution >= 4 is 5.78 Å². The average Bonchev–Trinajstić information content (AvgIpc) is 1.61. The van der Waals surface area contributed by atoms with Gasteiger partial charge in [0.1, 0.15) is 6.61 Å². The molecule has 7 heavy (non-hydrogen) atoms. The second-order valence-electron chi connectivity index (χ2n) is 1.22. The van der Waals surface area contributed by atoms with Crippen LogP contribution in [0.25, 0.3) is 0 Å². The Kier molecular flexibility index (Phi) is 3.55. The predicted octanol–water partition coefficient (Wildman–Crippen LogP) is -0.492. The molecule has 0 heterocycles. The van der Waals surface area contributed by atoms with Crippen LogP contribution < -0.4 is 5.73 Å². The van der Waals surface area contributed by atoms with Crippen molar-refractivity contribution in [2.24, 2.45) is 5.73 Å². The lowest BCUT2D eigenvalue weighted by molar-refractivity contribution is -0.121. The second kappa shape index (κ2) is 3.77. The van der Waals surface area contributed by atoms with Gasteiger partial charge in [0.25, 0.3) is 0 Å². The van der Waals surface area contributed by atoms with Crippen molar-refractivity contribution in [1.29, 1.82) is 0 Å². The van der Waals surface area contributed by atoms with E-state index in [9.17, 15) is 4.79 Å². The van der Waals surface area contributed by atoms with Crippen molar-refractivity contribution in [2.45, 2.75) is 6.92 Å². The Bertz CT molecular complexity index is 62.7. The first-order chi connectivity index (χ1) is 3.27. The number of hydrogen-bond acceptors (Lipinski definition) is 3. The molecule has 2 N–H and O–H groups in total. The third-order valence-corrected chi connectivity index (χ3v) is 0.423. The number of carbonyl (C=O) groups excluding carboxylic acids is 1. The molecule has 0 unspecified atom stereocenters. The lowest BCUT2D eigenvalue weighted by Gasteiger charge is -1.91. The molecule has 0 aliphatic heterocycles. The fraction of sp³-hybridized carbons (Fsp3) is 0.750. The third-order valence-electron chi connectivity index (χ3n) is 0.423.